The van der Waals surface area contributed by atoms with Crippen molar-refractivity contribution in [2.45, 2.75) is 25.4 Å². The zero-order valence-electron chi connectivity index (χ0n) is 9.40. The highest BCUT2D eigenvalue weighted by atomic mass is 16.6. The van der Waals surface area contributed by atoms with Crippen molar-refractivity contribution in [3.05, 3.63) is 23.8 Å². The quantitative estimate of drug-likeness (QED) is 0.829. The topological polar surface area (TPSA) is 38.7 Å². The van der Waals surface area contributed by atoms with E-state index in [-0.39, 0.29) is 0 Å². The number of hydrogen-bond donors (Lipinski definition) is 1. The van der Waals surface area contributed by atoms with Crippen LogP contribution in [0.25, 0.3) is 0 Å². The van der Waals surface area contributed by atoms with Crippen molar-refractivity contribution in [3.63, 3.8) is 0 Å². The molecule has 3 heteroatoms. The molecule has 1 aromatic rings. The third-order valence-corrected chi connectivity index (χ3v) is 3.60. The van der Waals surface area contributed by atoms with Gasteiger partial charge in [0.25, 0.3) is 0 Å². The van der Waals surface area contributed by atoms with Crippen LogP contribution in [0.2, 0.25) is 0 Å². The van der Waals surface area contributed by atoms with E-state index >= 15 is 0 Å². The van der Waals surface area contributed by atoms with Crippen LogP contribution in [0, 0.1) is 5.92 Å². The van der Waals surface area contributed by atoms with Crippen molar-refractivity contribution < 1.29 is 14.6 Å². The van der Waals surface area contributed by atoms with E-state index < -0.39 is 5.60 Å². The van der Waals surface area contributed by atoms with Crippen LogP contribution in [-0.2, 0) is 5.60 Å². The van der Waals surface area contributed by atoms with Crippen LogP contribution in [0.15, 0.2) is 18.2 Å². The molecular formula is C13H16O3. The molecule has 1 aliphatic heterocycles. The van der Waals surface area contributed by atoms with Gasteiger partial charge in [0.1, 0.15) is 13.2 Å². The van der Waals surface area contributed by atoms with Gasteiger partial charge in [-0.05, 0) is 18.4 Å². The second-order valence-corrected chi connectivity index (χ2v) is 4.56. The highest BCUT2D eigenvalue weighted by Crippen LogP contribution is 2.57. The van der Waals surface area contributed by atoms with Gasteiger partial charge in [0.15, 0.2) is 11.5 Å². The molecule has 1 heterocycles. The Morgan fingerprint density at radius 1 is 1.38 bits per heavy atom. The van der Waals surface area contributed by atoms with Gasteiger partial charge >= 0.3 is 0 Å². The van der Waals surface area contributed by atoms with Crippen molar-refractivity contribution in [2.24, 2.45) is 5.92 Å². The van der Waals surface area contributed by atoms with Gasteiger partial charge in [0, 0.05) is 5.56 Å². The largest absolute Gasteiger partial charge is 0.486 e. The van der Waals surface area contributed by atoms with Crippen LogP contribution in [0.3, 0.4) is 0 Å². The molecule has 1 aliphatic carbocycles. The Kier molecular flexibility index (Phi) is 2.11. The summed E-state index contributed by atoms with van der Waals surface area (Å²) in [7, 11) is 0. The molecule has 86 valence electrons. The van der Waals surface area contributed by atoms with Gasteiger partial charge in [-0.2, -0.15) is 0 Å². The first-order chi connectivity index (χ1) is 7.75. The molecule has 3 rings (SSSR count). The molecular weight excluding hydrogens is 204 g/mol. The maximum absolute atomic E-state index is 10.5. The van der Waals surface area contributed by atoms with Crippen molar-refractivity contribution in [3.8, 4) is 11.5 Å². The fraction of sp³-hybridized carbons (Fsp3) is 0.538. The fourth-order valence-corrected chi connectivity index (χ4v) is 2.54. The molecule has 1 fully saturated rings. The smallest absolute Gasteiger partial charge is 0.167 e. The van der Waals surface area contributed by atoms with Crippen LogP contribution >= 0.6 is 0 Å². The Balaban J connectivity index is 2.02. The summed E-state index contributed by atoms with van der Waals surface area (Å²) in [6.07, 6.45) is 1.84. The zero-order valence-corrected chi connectivity index (χ0v) is 9.40. The molecule has 0 amide bonds. The van der Waals surface area contributed by atoms with E-state index in [2.05, 4.69) is 6.92 Å². The molecule has 16 heavy (non-hydrogen) atoms. The van der Waals surface area contributed by atoms with Crippen molar-refractivity contribution in [1.82, 2.24) is 0 Å². The molecule has 1 N–H and O–H groups in total. The van der Waals surface area contributed by atoms with Crippen LogP contribution in [0.5, 0.6) is 11.5 Å². The minimum absolute atomic E-state index is 0.365. The van der Waals surface area contributed by atoms with Gasteiger partial charge in [-0.15, -0.1) is 0 Å². The molecule has 0 radical (unpaired) electrons. The second kappa shape index (κ2) is 3.39. The minimum atomic E-state index is -0.680. The maximum Gasteiger partial charge on any atom is 0.167 e. The SMILES string of the molecule is CCC1CC1(O)c1cccc2c1OCCO2. The van der Waals surface area contributed by atoms with Crippen LogP contribution in [-0.4, -0.2) is 18.3 Å². The van der Waals surface area contributed by atoms with Crippen LogP contribution < -0.4 is 9.47 Å². The Labute approximate surface area is 95.0 Å². The summed E-state index contributed by atoms with van der Waals surface area (Å²) in [5.41, 5.74) is 0.220. The molecule has 1 aromatic carbocycles. The normalized spacial score (nSPS) is 31.2. The molecule has 2 atom stereocenters. The van der Waals surface area contributed by atoms with Crippen molar-refractivity contribution in [2.75, 3.05) is 13.2 Å². The summed E-state index contributed by atoms with van der Waals surface area (Å²) >= 11 is 0. The first-order valence-corrected chi connectivity index (χ1v) is 5.87. The van der Waals surface area contributed by atoms with E-state index in [0.29, 0.717) is 19.1 Å². The Bertz CT molecular complexity index is 416. The van der Waals surface area contributed by atoms with E-state index in [1.54, 1.807) is 0 Å². The number of para-hydroxylation sites is 1. The number of hydrogen-bond acceptors (Lipinski definition) is 3. The lowest BCUT2D eigenvalue weighted by atomic mass is 10.0. The lowest BCUT2D eigenvalue weighted by Crippen LogP contribution is -2.19. The second-order valence-electron chi connectivity index (χ2n) is 4.56. The van der Waals surface area contributed by atoms with E-state index in [1.165, 1.54) is 0 Å². The number of fused-ring (bicyclic) bond motifs is 1. The number of rotatable bonds is 2. The van der Waals surface area contributed by atoms with E-state index in [4.69, 9.17) is 9.47 Å². The molecule has 3 nitrogen and oxygen atoms in total. The molecule has 0 saturated heterocycles. The van der Waals surface area contributed by atoms with Crippen LogP contribution in [0.4, 0.5) is 0 Å². The molecule has 2 aliphatic rings. The third-order valence-electron chi connectivity index (χ3n) is 3.60. The molecule has 0 bridgehead atoms. The van der Waals surface area contributed by atoms with Gasteiger partial charge in [-0.3, -0.25) is 0 Å². The van der Waals surface area contributed by atoms with Crippen molar-refractivity contribution >= 4 is 0 Å². The number of benzene rings is 1. The average Bonchev–Trinajstić information content (AvgIpc) is 3.01. The summed E-state index contributed by atoms with van der Waals surface area (Å²) in [5, 5.41) is 10.5. The fourth-order valence-electron chi connectivity index (χ4n) is 2.54. The zero-order chi connectivity index (χ0) is 11.2. The Hall–Kier alpha value is -1.22. The predicted molar refractivity (Wildman–Crippen MR) is 59.7 cm³/mol. The van der Waals surface area contributed by atoms with Crippen molar-refractivity contribution in [1.29, 1.82) is 0 Å². The molecule has 0 spiro atoms. The van der Waals surface area contributed by atoms with E-state index in [1.807, 2.05) is 18.2 Å². The van der Waals surface area contributed by atoms with E-state index in [0.717, 1.165) is 29.9 Å². The molecule has 1 saturated carbocycles. The first kappa shape index (κ1) is 9.97. The average molecular weight is 220 g/mol. The Morgan fingerprint density at radius 3 is 2.94 bits per heavy atom. The summed E-state index contributed by atoms with van der Waals surface area (Å²) in [6.45, 7) is 3.26. The Morgan fingerprint density at radius 2 is 2.19 bits per heavy atom. The summed E-state index contributed by atoms with van der Waals surface area (Å²) < 4.78 is 11.1. The lowest BCUT2D eigenvalue weighted by Gasteiger charge is -2.23. The third kappa shape index (κ3) is 1.31. The predicted octanol–water partition coefficient (Wildman–Crippen LogP) is 2.08. The highest BCUT2D eigenvalue weighted by molar-refractivity contribution is 5.52. The van der Waals surface area contributed by atoms with Gasteiger partial charge in [-0.1, -0.05) is 25.5 Å². The number of ether oxygens (including phenoxy) is 2. The van der Waals surface area contributed by atoms with Gasteiger partial charge < -0.3 is 14.6 Å². The molecule has 2 unspecified atom stereocenters. The standard InChI is InChI=1S/C13H16O3/c1-2-9-8-13(9,14)10-4-3-5-11-12(10)16-7-6-15-11/h3-5,9,14H,2,6-8H2,1H3. The van der Waals surface area contributed by atoms with Gasteiger partial charge in [-0.25, -0.2) is 0 Å². The highest BCUT2D eigenvalue weighted by Gasteiger charge is 2.54. The lowest BCUT2D eigenvalue weighted by molar-refractivity contribution is 0.115. The summed E-state index contributed by atoms with van der Waals surface area (Å²) in [5.74, 6) is 1.87. The maximum atomic E-state index is 10.5. The number of aliphatic hydroxyl groups is 1. The van der Waals surface area contributed by atoms with E-state index in [9.17, 15) is 5.11 Å². The van der Waals surface area contributed by atoms with Crippen LogP contribution in [0.1, 0.15) is 25.3 Å². The first-order valence-electron chi connectivity index (χ1n) is 5.87. The summed E-state index contributed by atoms with van der Waals surface area (Å²) in [4.78, 5) is 0. The molecule has 0 aromatic heterocycles. The van der Waals surface area contributed by atoms with Gasteiger partial charge in [0.2, 0.25) is 0 Å². The van der Waals surface area contributed by atoms with Gasteiger partial charge in [0.05, 0.1) is 5.60 Å². The monoisotopic (exact) mass is 220 g/mol. The minimum Gasteiger partial charge on any atom is -0.486 e. The summed E-state index contributed by atoms with van der Waals surface area (Å²) in [6, 6.07) is 5.76.